The molecule has 1 fully saturated rings. The second-order valence-corrected chi connectivity index (χ2v) is 6.14. The molecule has 0 spiro atoms. The topological polar surface area (TPSA) is 15.3 Å². The highest BCUT2D eigenvalue weighted by Gasteiger charge is 2.16. The zero-order chi connectivity index (χ0) is 13.7. The lowest BCUT2D eigenvalue weighted by atomic mass is 9.99. The standard InChI is InChI=1S/C15H22BrFN2/c1-2-19(11-13-4-3-7-18-9-13)10-12-5-6-15(17)14(16)8-12/h5-6,8,13,18H,2-4,7,9-11H2,1H3. The molecular formula is C15H22BrFN2. The van der Waals surface area contributed by atoms with E-state index in [1.165, 1.54) is 24.5 Å². The van der Waals surface area contributed by atoms with Gasteiger partial charge in [-0.3, -0.25) is 4.90 Å². The highest BCUT2D eigenvalue weighted by molar-refractivity contribution is 9.10. The van der Waals surface area contributed by atoms with Crippen molar-refractivity contribution in [3.8, 4) is 0 Å². The van der Waals surface area contributed by atoms with E-state index in [-0.39, 0.29) is 5.82 Å². The summed E-state index contributed by atoms with van der Waals surface area (Å²) in [4.78, 5) is 2.44. The van der Waals surface area contributed by atoms with Crippen LogP contribution in [0.1, 0.15) is 25.3 Å². The highest BCUT2D eigenvalue weighted by Crippen LogP contribution is 2.19. The minimum absolute atomic E-state index is 0.191. The smallest absolute Gasteiger partial charge is 0.137 e. The Labute approximate surface area is 123 Å². The summed E-state index contributed by atoms with van der Waals surface area (Å²) in [6, 6.07) is 5.30. The lowest BCUT2D eigenvalue weighted by molar-refractivity contribution is 0.209. The third-order valence-corrected chi connectivity index (χ3v) is 4.36. The van der Waals surface area contributed by atoms with Gasteiger partial charge in [-0.2, -0.15) is 0 Å². The van der Waals surface area contributed by atoms with Gasteiger partial charge < -0.3 is 5.32 Å². The van der Waals surface area contributed by atoms with E-state index in [2.05, 4.69) is 33.1 Å². The molecule has 1 aromatic rings. The van der Waals surface area contributed by atoms with Gasteiger partial charge in [0, 0.05) is 13.1 Å². The SMILES string of the molecule is CCN(Cc1ccc(F)c(Br)c1)CC1CCCNC1. The van der Waals surface area contributed by atoms with E-state index < -0.39 is 0 Å². The molecule has 0 bridgehead atoms. The summed E-state index contributed by atoms with van der Waals surface area (Å²) in [5, 5.41) is 3.46. The minimum atomic E-state index is -0.191. The zero-order valence-electron chi connectivity index (χ0n) is 11.5. The molecule has 0 aromatic heterocycles. The second-order valence-electron chi connectivity index (χ2n) is 5.29. The van der Waals surface area contributed by atoms with Crippen LogP contribution in [0.2, 0.25) is 0 Å². The fraction of sp³-hybridized carbons (Fsp3) is 0.600. The maximum absolute atomic E-state index is 13.2. The highest BCUT2D eigenvalue weighted by atomic mass is 79.9. The first-order valence-corrected chi connectivity index (χ1v) is 7.85. The molecule has 0 radical (unpaired) electrons. The van der Waals surface area contributed by atoms with Crippen molar-refractivity contribution in [2.45, 2.75) is 26.3 Å². The Bertz CT molecular complexity index is 405. The lowest BCUT2D eigenvalue weighted by Crippen LogP contribution is -2.38. The van der Waals surface area contributed by atoms with Crippen molar-refractivity contribution in [1.29, 1.82) is 0 Å². The Morgan fingerprint density at radius 1 is 1.47 bits per heavy atom. The Morgan fingerprint density at radius 3 is 2.95 bits per heavy atom. The van der Waals surface area contributed by atoms with Crippen molar-refractivity contribution in [1.82, 2.24) is 10.2 Å². The third-order valence-electron chi connectivity index (χ3n) is 3.75. The Balaban J connectivity index is 1.92. The van der Waals surface area contributed by atoms with Gasteiger partial charge in [-0.05, 0) is 72.0 Å². The van der Waals surface area contributed by atoms with Crippen LogP contribution in [0.25, 0.3) is 0 Å². The molecule has 0 amide bonds. The summed E-state index contributed by atoms with van der Waals surface area (Å²) >= 11 is 3.25. The van der Waals surface area contributed by atoms with E-state index in [1.807, 2.05) is 12.1 Å². The molecule has 0 aliphatic carbocycles. The molecular weight excluding hydrogens is 307 g/mol. The fourth-order valence-electron chi connectivity index (χ4n) is 2.65. The van der Waals surface area contributed by atoms with Crippen LogP contribution in [0.15, 0.2) is 22.7 Å². The van der Waals surface area contributed by atoms with Crippen LogP contribution in [0.3, 0.4) is 0 Å². The lowest BCUT2D eigenvalue weighted by Gasteiger charge is -2.29. The zero-order valence-corrected chi connectivity index (χ0v) is 13.0. The quantitative estimate of drug-likeness (QED) is 0.891. The number of piperidine rings is 1. The Kier molecular flexibility index (Phi) is 5.79. The van der Waals surface area contributed by atoms with E-state index in [1.54, 1.807) is 0 Å². The Morgan fingerprint density at radius 2 is 2.32 bits per heavy atom. The average Bonchev–Trinajstić information content (AvgIpc) is 2.43. The van der Waals surface area contributed by atoms with E-state index in [0.717, 1.165) is 38.6 Å². The van der Waals surface area contributed by atoms with Gasteiger partial charge in [-0.15, -0.1) is 0 Å². The van der Waals surface area contributed by atoms with Gasteiger partial charge in [0.2, 0.25) is 0 Å². The first-order valence-electron chi connectivity index (χ1n) is 7.06. The molecule has 4 heteroatoms. The van der Waals surface area contributed by atoms with Gasteiger partial charge >= 0.3 is 0 Å². The van der Waals surface area contributed by atoms with Crippen LogP contribution in [0.5, 0.6) is 0 Å². The first-order chi connectivity index (χ1) is 9.19. The number of benzene rings is 1. The fourth-order valence-corrected chi connectivity index (χ4v) is 3.07. The van der Waals surface area contributed by atoms with E-state index in [0.29, 0.717) is 4.47 Å². The van der Waals surface area contributed by atoms with Crippen molar-refractivity contribution in [3.63, 3.8) is 0 Å². The normalized spacial score (nSPS) is 19.9. The number of nitrogens with zero attached hydrogens (tertiary/aromatic N) is 1. The summed E-state index contributed by atoms with van der Waals surface area (Å²) < 4.78 is 13.8. The molecule has 1 N–H and O–H groups in total. The molecule has 1 aliphatic heterocycles. The third kappa shape index (κ3) is 4.55. The molecule has 1 saturated heterocycles. The summed E-state index contributed by atoms with van der Waals surface area (Å²) in [7, 11) is 0. The number of nitrogens with one attached hydrogen (secondary N) is 1. The van der Waals surface area contributed by atoms with Crippen molar-refractivity contribution in [3.05, 3.63) is 34.1 Å². The van der Waals surface area contributed by atoms with Gasteiger partial charge in [0.05, 0.1) is 4.47 Å². The molecule has 2 rings (SSSR count). The van der Waals surface area contributed by atoms with E-state index in [9.17, 15) is 4.39 Å². The van der Waals surface area contributed by atoms with Crippen molar-refractivity contribution < 1.29 is 4.39 Å². The number of halogens is 2. The number of hydrogen-bond acceptors (Lipinski definition) is 2. The molecule has 0 saturated carbocycles. The van der Waals surface area contributed by atoms with Gasteiger partial charge in [0.1, 0.15) is 5.82 Å². The maximum Gasteiger partial charge on any atom is 0.137 e. The van der Waals surface area contributed by atoms with Gasteiger partial charge in [0.15, 0.2) is 0 Å². The van der Waals surface area contributed by atoms with Crippen molar-refractivity contribution in [2.75, 3.05) is 26.2 Å². The molecule has 1 unspecified atom stereocenters. The predicted molar refractivity (Wildman–Crippen MR) is 80.6 cm³/mol. The maximum atomic E-state index is 13.2. The van der Waals surface area contributed by atoms with E-state index >= 15 is 0 Å². The summed E-state index contributed by atoms with van der Waals surface area (Å²) in [6.07, 6.45) is 2.60. The van der Waals surface area contributed by atoms with Crippen LogP contribution in [-0.2, 0) is 6.54 Å². The van der Waals surface area contributed by atoms with Crippen molar-refractivity contribution in [2.24, 2.45) is 5.92 Å². The van der Waals surface area contributed by atoms with Crippen LogP contribution >= 0.6 is 15.9 Å². The van der Waals surface area contributed by atoms with Crippen LogP contribution in [0, 0.1) is 11.7 Å². The monoisotopic (exact) mass is 328 g/mol. The summed E-state index contributed by atoms with van der Waals surface area (Å²) in [6.45, 7) is 7.53. The molecule has 1 aromatic carbocycles. The minimum Gasteiger partial charge on any atom is -0.316 e. The van der Waals surface area contributed by atoms with Crippen LogP contribution < -0.4 is 5.32 Å². The predicted octanol–water partition coefficient (Wildman–Crippen LogP) is 3.41. The van der Waals surface area contributed by atoms with Gasteiger partial charge in [-0.1, -0.05) is 13.0 Å². The number of rotatable bonds is 5. The van der Waals surface area contributed by atoms with E-state index in [4.69, 9.17) is 0 Å². The molecule has 2 nitrogen and oxygen atoms in total. The van der Waals surface area contributed by atoms with Crippen molar-refractivity contribution >= 4 is 15.9 Å². The second kappa shape index (κ2) is 7.36. The molecule has 1 heterocycles. The van der Waals surface area contributed by atoms with Crippen LogP contribution in [-0.4, -0.2) is 31.1 Å². The summed E-state index contributed by atoms with van der Waals surface area (Å²) in [5.74, 6) is 0.556. The number of hydrogen-bond donors (Lipinski definition) is 1. The van der Waals surface area contributed by atoms with Crippen LogP contribution in [0.4, 0.5) is 4.39 Å². The van der Waals surface area contributed by atoms with Gasteiger partial charge in [-0.25, -0.2) is 4.39 Å². The Hall–Kier alpha value is -0.450. The molecule has 1 atom stereocenters. The molecule has 1 aliphatic rings. The largest absolute Gasteiger partial charge is 0.316 e. The van der Waals surface area contributed by atoms with Gasteiger partial charge in [0.25, 0.3) is 0 Å². The first kappa shape index (κ1) is 14.9. The summed E-state index contributed by atoms with van der Waals surface area (Å²) in [5.41, 5.74) is 1.17. The molecule has 19 heavy (non-hydrogen) atoms. The average molecular weight is 329 g/mol. The molecule has 106 valence electrons.